The number of aryl methyl sites for hydroxylation is 1. The first kappa shape index (κ1) is 22.5. The molecule has 2 amide bonds. The second-order valence-electron chi connectivity index (χ2n) is 8.40. The summed E-state index contributed by atoms with van der Waals surface area (Å²) < 4.78 is 13.2. The molecule has 33 heavy (non-hydrogen) atoms. The van der Waals surface area contributed by atoms with Crippen molar-refractivity contribution in [1.82, 2.24) is 9.88 Å². The Labute approximate surface area is 192 Å². The van der Waals surface area contributed by atoms with E-state index in [4.69, 9.17) is 4.98 Å². The Balaban J connectivity index is 1.47. The highest BCUT2D eigenvalue weighted by Crippen LogP contribution is 2.29. The van der Waals surface area contributed by atoms with Crippen LogP contribution in [0.15, 0.2) is 60.7 Å². The summed E-state index contributed by atoms with van der Waals surface area (Å²) in [7, 11) is 0. The fraction of sp³-hybridized carbons (Fsp3) is 0.269. The number of anilines is 3. The van der Waals surface area contributed by atoms with Gasteiger partial charge < -0.3 is 15.5 Å². The van der Waals surface area contributed by atoms with Crippen LogP contribution in [-0.4, -0.2) is 34.8 Å². The number of carbonyl (C=O) groups excluding carboxylic acids is 2. The highest BCUT2D eigenvalue weighted by atomic mass is 19.1. The first-order valence-electron chi connectivity index (χ1n) is 11.1. The zero-order valence-electron chi connectivity index (χ0n) is 18.8. The number of benzene rings is 2. The number of nitrogens with zero attached hydrogens (tertiary/aromatic N) is 2. The van der Waals surface area contributed by atoms with Crippen molar-refractivity contribution in [1.29, 1.82) is 0 Å². The first-order valence-corrected chi connectivity index (χ1v) is 11.1. The normalized spacial score (nSPS) is 15.7. The molecule has 0 unspecified atom stereocenters. The van der Waals surface area contributed by atoms with Gasteiger partial charge in [0.2, 0.25) is 5.91 Å². The summed E-state index contributed by atoms with van der Waals surface area (Å²) in [4.78, 5) is 30.9. The molecular formula is C26H27FN4O2. The Morgan fingerprint density at radius 1 is 1.00 bits per heavy atom. The molecule has 2 N–H and O–H groups in total. The van der Waals surface area contributed by atoms with E-state index in [1.807, 2.05) is 24.0 Å². The maximum Gasteiger partial charge on any atom is 0.253 e. The van der Waals surface area contributed by atoms with E-state index in [9.17, 15) is 14.0 Å². The number of hydrogen-bond donors (Lipinski definition) is 2. The van der Waals surface area contributed by atoms with Crippen LogP contribution in [0.25, 0.3) is 0 Å². The van der Waals surface area contributed by atoms with Gasteiger partial charge in [-0.1, -0.05) is 0 Å². The van der Waals surface area contributed by atoms with E-state index in [-0.39, 0.29) is 23.5 Å². The number of halogens is 1. The average Bonchev–Trinajstić information content (AvgIpc) is 2.80. The second-order valence-corrected chi connectivity index (χ2v) is 8.40. The lowest BCUT2D eigenvalue weighted by molar-refractivity contribution is -0.114. The van der Waals surface area contributed by atoms with E-state index >= 15 is 0 Å². The number of carbonyl (C=O) groups is 2. The molecule has 1 fully saturated rings. The van der Waals surface area contributed by atoms with Gasteiger partial charge in [0.05, 0.1) is 0 Å². The number of piperidine rings is 1. The molecule has 0 saturated carbocycles. The zero-order valence-corrected chi connectivity index (χ0v) is 18.8. The van der Waals surface area contributed by atoms with Crippen molar-refractivity contribution in [3.63, 3.8) is 0 Å². The average molecular weight is 447 g/mol. The van der Waals surface area contributed by atoms with E-state index < -0.39 is 0 Å². The summed E-state index contributed by atoms with van der Waals surface area (Å²) >= 11 is 0. The van der Waals surface area contributed by atoms with Crippen LogP contribution < -0.4 is 10.6 Å². The molecule has 1 atom stereocenters. The van der Waals surface area contributed by atoms with Crippen molar-refractivity contribution in [2.75, 3.05) is 23.7 Å². The lowest BCUT2D eigenvalue weighted by atomic mass is 9.93. The third-order valence-corrected chi connectivity index (χ3v) is 5.69. The number of pyridine rings is 1. The number of aromatic nitrogens is 1. The van der Waals surface area contributed by atoms with Gasteiger partial charge in [-0.2, -0.15) is 0 Å². The van der Waals surface area contributed by atoms with Crippen molar-refractivity contribution < 1.29 is 14.0 Å². The minimum absolute atomic E-state index is 0.0219. The number of likely N-dealkylation sites (tertiary alicyclic amines) is 1. The number of hydrogen-bond acceptors (Lipinski definition) is 4. The largest absolute Gasteiger partial charge is 0.355 e. The van der Waals surface area contributed by atoms with Gasteiger partial charge in [-0.05, 0) is 80.4 Å². The van der Waals surface area contributed by atoms with Crippen LogP contribution in [0.5, 0.6) is 0 Å². The molecule has 2 aromatic carbocycles. The highest BCUT2D eigenvalue weighted by molar-refractivity contribution is 5.95. The van der Waals surface area contributed by atoms with Crippen molar-refractivity contribution >= 4 is 28.9 Å². The number of rotatable bonds is 5. The quantitative estimate of drug-likeness (QED) is 0.561. The predicted octanol–water partition coefficient (Wildman–Crippen LogP) is 5.25. The molecule has 6 nitrogen and oxygen atoms in total. The fourth-order valence-electron chi connectivity index (χ4n) is 4.16. The van der Waals surface area contributed by atoms with Crippen molar-refractivity contribution in [3.05, 3.63) is 83.4 Å². The smallest absolute Gasteiger partial charge is 0.253 e. The summed E-state index contributed by atoms with van der Waals surface area (Å²) in [6.45, 7) is 4.70. The minimum atomic E-state index is -0.274. The Morgan fingerprint density at radius 2 is 1.70 bits per heavy atom. The summed E-state index contributed by atoms with van der Waals surface area (Å²) in [5.74, 6) is -0.308. The molecule has 7 heteroatoms. The van der Waals surface area contributed by atoms with Gasteiger partial charge in [-0.25, -0.2) is 4.39 Å². The van der Waals surface area contributed by atoms with Gasteiger partial charge in [-0.3, -0.25) is 14.6 Å². The van der Waals surface area contributed by atoms with Crippen molar-refractivity contribution in [2.24, 2.45) is 0 Å². The van der Waals surface area contributed by atoms with Gasteiger partial charge in [0, 0.05) is 59.9 Å². The van der Waals surface area contributed by atoms with Crippen LogP contribution in [-0.2, 0) is 4.79 Å². The molecule has 3 aromatic rings. The van der Waals surface area contributed by atoms with Crippen LogP contribution >= 0.6 is 0 Å². The summed E-state index contributed by atoms with van der Waals surface area (Å²) in [6, 6.07) is 17.2. The molecule has 170 valence electrons. The summed E-state index contributed by atoms with van der Waals surface area (Å²) in [5.41, 5.74) is 4.78. The molecule has 0 aliphatic carbocycles. The van der Waals surface area contributed by atoms with Gasteiger partial charge in [-0.15, -0.1) is 0 Å². The molecule has 1 saturated heterocycles. The topological polar surface area (TPSA) is 74.3 Å². The SMILES string of the molecule is CC(=O)Nc1ccc(C(=O)N2CCC[C@@H](c3cc(Nc4ccc(F)cc4)cc(C)n3)C2)cc1. The molecule has 0 bridgehead atoms. The van der Waals surface area contributed by atoms with E-state index in [0.29, 0.717) is 24.3 Å². The second kappa shape index (κ2) is 9.81. The van der Waals surface area contributed by atoms with Gasteiger partial charge >= 0.3 is 0 Å². The number of nitrogens with one attached hydrogen (secondary N) is 2. The Hall–Kier alpha value is -3.74. The Bertz CT molecular complexity index is 1150. The van der Waals surface area contributed by atoms with Crippen LogP contribution in [0.2, 0.25) is 0 Å². The standard InChI is InChI=1S/C26H27FN4O2/c1-17-14-24(30-23-11-7-21(27)8-12-23)15-25(28-17)20-4-3-13-31(16-20)26(33)19-5-9-22(10-6-19)29-18(2)32/h5-12,14-15,20H,3-4,13,16H2,1-2H3,(H,28,30)(H,29,32)/t20-/m1/s1. The van der Waals surface area contributed by atoms with E-state index in [1.165, 1.54) is 19.1 Å². The molecule has 1 aromatic heterocycles. The predicted molar refractivity (Wildman–Crippen MR) is 127 cm³/mol. The molecular weight excluding hydrogens is 419 g/mol. The Kier molecular flexibility index (Phi) is 6.68. The van der Waals surface area contributed by atoms with Gasteiger partial charge in [0.1, 0.15) is 5.82 Å². The van der Waals surface area contributed by atoms with Crippen molar-refractivity contribution in [2.45, 2.75) is 32.6 Å². The lowest BCUT2D eigenvalue weighted by Crippen LogP contribution is -2.39. The van der Waals surface area contributed by atoms with Crippen LogP contribution in [0.3, 0.4) is 0 Å². The van der Waals surface area contributed by atoms with Gasteiger partial charge in [0.25, 0.3) is 5.91 Å². The third kappa shape index (κ3) is 5.74. The van der Waals surface area contributed by atoms with Crippen molar-refractivity contribution in [3.8, 4) is 0 Å². The minimum Gasteiger partial charge on any atom is -0.355 e. The summed E-state index contributed by atoms with van der Waals surface area (Å²) in [5, 5.41) is 6.03. The maximum absolute atomic E-state index is 13.2. The summed E-state index contributed by atoms with van der Waals surface area (Å²) in [6.07, 6.45) is 1.86. The molecule has 0 spiro atoms. The monoisotopic (exact) mass is 446 g/mol. The van der Waals surface area contributed by atoms with Gasteiger partial charge in [0.15, 0.2) is 0 Å². The molecule has 2 heterocycles. The zero-order chi connectivity index (χ0) is 23.4. The van der Waals surface area contributed by atoms with Crippen LogP contribution in [0.4, 0.5) is 21.5 Å². The van der Waals surface area contributed by atoms with E-state index in [2.05, 4.69) is 10.6 Å². The maximum atomic E-state index is 13.2. The molecule has 0 radical (unpaired) electrons. The van der Waals surface area contributed by atoms with E-state index in [0.717, 1.165) is 35.6 Å². The Morgan fingerprint density at radius 3 is 2.39 bits per heavy atom. The first-order chi connectivity index (χ1) is 15.9. The molecule has 1 aliphatic heterocycles. The number of amides is 2. The molecule has 1 aliphatic rings. The molecule has 4 rings (SSSR count). The third-order valence-electron chi connectivity index (χ3n) is 5.69. The van der Waals surface area contributed by atoms with Crippen LogP contribution in [0.1, 0.15) is 47.4 Å². The highest BCUT2D eigenvalue weighted by Gasteiger charge is 2.26. The van der Waals surface area contributed by atoms with E-state index in [1.54, 1.807) is 36.4 Å². The fourth-order valence-corrected chi connectivity index (χ4v) is 4.16. The van der Waals surface area contributed by atoms with Crippen LogP contribution in [0, 0.1) is 12.7 Å². The lowest BCUT2D eigenvalue weighted by Gasteiger charge is -2.33.